The van der Waals surface area contributed by atoms with Crippen LogP contribution in [0, 0.1) is 17.8 Å². The summed E-state index contributed by atoms with van der Waals surface area (Å²) in [6, 6.07) is 4.87. The molecule has 0 saturated carbocycles. The summed E-state index contributed by atoms with van der Waals surface area (Å²) in [5, 5.41) is 3.25. The van der Waals surface area contributed by atoms with Crippen LogP contribution in [0.15, 0.2) is 28.8 Å². The van der Waals surface area contributed by atoms with Crippen molar-refractivity contribution in [1.82, 2.24) is 5.16 Å². The molecular formula is C9H4F2NO. The van der Waals surface area contributed by atoms with Crippen molar-refractivity contribution in [3.63, 3.8) is 0 Å². The Hall–Kier alpha value is -1.71. The van der Waals surface area contributed by atoms with Crippen molar-refractivity contribution in [1.29, 1.82) is 0 Å². The molecule has 2 rings (SSSR count). The van der Waals surface area contributed by atoms with Crippen molar-refractivity contribution in [2.24, 2.45) is 0 Å². The molecule has 0 spiro atoms. The fraction of sp³-hybridized carbons (Fsp3) is 0. The molecule has 2 nitrogen and oxygen atoms in total. The average molecular weight is 180 g/mol. The summed E-state index contributed by atoms with van der Waals surface area (Å²) in [6.45, 7) is 0. The third-order valence-corrected chi connectivity index (χ3v) is 1.60. The summed E-state index contributed by atoms with van der Waals surface area (Å²) in [5.74, 6) is -1.31. The van der Waals surface area contributed by atoms with Crippen molar-refractivity contribution in [2.45, 2.75) is 0 Å². The summed E-state index contributed by atoms with van der Waals surface area (Å²) >= 11 is 0. The lowest BCUT2D eigenvalue weighted by Gasteiger charge is -1.98. The lowest BCUT2D eigenvalue weighted by molar-refractivity contribution is 0.425. The van der Waals surface area contributed by atoms with Crippen LogP contribution in [0.4, 0.5) is 8.78 Å². The summed E-state index contributed by atoms with van der Waals surface area (Å²) in [6.07, 6.45) is 2.33. The molecule has 0 saturated heterocycles. The van der Waals surface area contributed by atoms with Crippen molar-refractivity contribution < 1.29 is 13.3 Å². The monoisotopic (exact) mass is 180 g/mol. The quantitative estimate of drug-likeness (QED) is 0.673. The van der Waals surface area contributed by atoms with Gasteiger partial charge in [0.05, 0.1) is 5.56 Å². The van der Waals surface area contributed by atoms with E-state index in [2.05, 4.69) is 15.9 Å². The Balaban J connectivity index is 2.64. The molecule has 0 aliphatic heterocycles. The number of halogens is 2. The van der Waals surface area contributed by atoms with Crippen molar-refractivity contribution in [2.75, 3.05) is 0 Å². The molecule has 1 heterocycles. The number of hydrogen-bond donors (Lipinski definition) is 0. The lowest BCUT2D eigenvalue weighted by Crippen LogP contribution is -1.87. The molecular weight excluding hydrogens is 176 g/mol. The van der Waals surface area contributed by atoms with E-state index in [1.165, 1.54) is 12.1 Å². The SMILES string of the molecule is Fc1cccc(F)c1-c1c[c]no1. The number of hydrogen-bond acceptors (Lipinski definition) is 2. The number of aromatic nitrogens is 1. The molecule has 0 fully saturated rings. The highest BCUT2D eigenvalue weighted by molar-refractivity contribution is 5.57. The third kappa shape index (κ3) is 1.30. The zero-order chi connectivity index (χ0) is 9.26. The normalized spacial score (nSPS) is 10.3. The lowest BCUT2D eigenvalue weighted by atomic mass is 10.1. The Bertz CT molecular complexity index is 391. The van der Waals surface area contributed by atoms with Gasteiger partial charge in [-0.25, -0.2) is 8.78 Å². The maximum atomic E-state index is 13.1. The van der Waals surface area contributed by atoms with Gasteiger partial charge in [-0.2, -0.15) is 0 Å². The Morgan fingerprint density at radius 2 is 1.92 bits per heavy atom. The minimum absolute atomic E-state index is 0.0376. The molecule has 1 aromatic carbocycles. The van der Waals surface area contributed by atoms with Gasteiger partial charge in [-0.3, -0.25) is 0 Å². The first-order valence-corrected chi connectivity index (χ1v) is 3.56. The first-order valence-electron chi connectivity index (χ1n) is 3.56. The van der Waals surface area contributed by atoms with Crippen LogP contribution in [0.25, 0.3) is 11.3 Å². The van der Waals surface area contributed by atoms with E-state index in [-0.39, 0.29) is 11.3 Å². The van der Waals surface area contributed by atoms with E-state index in [1.54, 1.807) is 0 Å². The fourth-order valence-corrected chi connectivity index (χ4v) is 1.04. The molecule has 1 radical (unpaired) electrons. The largest absolute Gasteiger partial charge is 0.355 e. The molecule has 0 aliphatic rings. The Labute approximate surface area is 72.8 Å². The van der Waals surface area contributed by atoms with Crippen LogP contribution in [-0.2, 0) is 0 Å². The van der Waals surface area contributed by atoms with Gasteiger partial charge in [0, 0.05) is 6.07 Å². The van der Waals surface area contributed by atoms with Crippen molar-refractivity contribution in [3.8, 4) is 11.3 Å². The molecule has 0 atom stereocenters. The smallest absolute Gasteiger partial charge is 0.173 e. The van der Waals surface area contributed by atoms with E-state index in [4.69, 9.17) is 0 Å². The van der Waals surface area contributed by atoms with Gasteiger partial charge in [0.15, 0.2) is 5.76 Å². The fourth-order valence-electron chi connectivity index (χ4n) is 1.04. The molecule has 0 bridgehead atoms. The summed E-state index contributed by atoms with van der Waals surface area (Å²) in [5.41, 5.74) is -0.212. The summed E-state index contributed by atoms with van der Waals surface area (Å²) in [7, 11) is 0. The van der Waals surface area contributed by atoms with Crippen LogP contribution < -0.4 is 0 Å². The topological polar surface area (TPSA) is 26.0 Å². The van der Waals surface area contributed by atoms with E-state index >= 15 is 0 Å². The first kappa shape index (κ1) is 7.91. The molecule has 13 heavy (non-hydrogen) atoms. The second-order valence-corrected chi connectivity index (χ2v) is 2.42. The number of benzene rings is 1. The standard InChI is InChI=1S/C9H4F2NO/c10-6-2-1-3-7(11)9(6)8-4-5-12-13-8/h1-4H. The molecule has 0 N–H and O–H groups in total. The van der Waals surface area contributed by atoms with Gasteiger partial charge in [0.1, 0.15) is 17.8 Å². The molecule has 65 valence electrons. The van der Waals surface area contributed by atoms with Gasteiger partial charge in [-0.1, -0.05) is 11.2 Å². The Morgan fingerprint density at radius 3 is 2.46 bits per heavy atom. The van der Waals surface area contributed by atoms with Gasteiger partial charge in [-0.05, 0) is 12.1 Å². The van der Waals surface area contributed by atoms with Crippen molar-refractivity contribution in [3.05, 3.63) is 42.1 Å². The van der Waals surface area contributed by atoms with E-state index < -0.39 is 11.6 Å². The van der Waals surface area contributed by atoms with Crippen molar-refractivity contribution >= 4 is 0 Å². The highest BCUT2D eigenvalue weighted by atomic mass is 19.1. The van der Waals surface area contributed by atoms with E-state index in [0.717, 1.165) is 12.1 Å². The van der Waals surface area contributed by atoms with E-state index in [9.17, 15) is 8.78 Å². The highest BCUT2D eigenvalue weighted by Gasteiger charge is 2.13. The molecule has 0 aliphatic carbocycles. The zero-order valence-electron chi connectivity index (χ0n) is 6.42. The molecule has 4 heteroatoms. The minimum Gasteiger partial charge on any atom is -0.355 e. The van der Waals surface area contributed by atoms with Gasteiger partial charge in [-0.15, -0.1) is 0 Å². The van der Waals surface area contributed by atoms with Gasteiger partial charge in [0.2, 0.25) is 0 Å². The van der Waals surface area contributed by atoms with E-state index in [0.29, 0.717) is 0 Å². The highest BCUT2D eigenvalue weighted by Crippen LogP contribution is 2.24. The maximum absolute atomic E-state index is 13.1. The summed E-state index contributed by atoms with van der Waals surface area (Å²) in [4.78, 5) is 0. The van der Waals surface area contributed by atoms with E-state index in [1.807, 2.05) is 0 Å². The maximum Gasteiger partial charge on any atom is 0.173 e. The first-order chi connectivity index (χ1) is 6.29. The Morgan fingerprint density at radius 1 is 1.23 bits per heavy atom. The van der Waals surface area contributed by atoms with Crippen LogP contribution in [0.2, 0.25) is 0 Å². The van der Waals surface area contributed by atoms with Crippen LogP contribution >= 0.6 is 0 Å². The van der Waals surface area contributed by atoms with Gasteiger partial charge in [0.25, 0.3) is 0 Å². The minimum atomic E-state index is -0.676. The predicted molar refractivity (Wildman–Crippen MR) is 40.7 cm³/mol. The number of rotatable bonds is 1. The second-order valence-electron chi connectivity index (χ2n) is 2.42. The van der Waals surface area contributed by atoms with Gasteiger partial charge < -0.3 is 4.52 Å². The third-order valence-electron chi connectivity index (χ3n) is 1.60. The molecule has 2 aromatic rings. The van der Waals surface area contributed by atoms with Crippen LogP contribution in [0.3, 0.4) is 0 Å². The number of nitrogens with zero attached hydrogens (tertiary/aromatic N) is 1. The second kappa shape index (κ2) is 2.97. The summed E-state index contributed by atoms with van der Waals surface area (Å²) < 4.78 is 30.7. The van der Waals surface area contributed by atoms with Gasteiger partial charge >= 0.3 is 0 Å². The molecule has 0 unspecified atom stereocenters. The average Bonchev–Trinajstić information content (AvgIpc) is 2.57. The predicted octanol–water partition coefficient (Wildman–Crippen LogP) is 2.42. The molecule has 1 aromatic heterocycles. The van der Waals surface area contributed by atoms with Crippen LogP contribution in [-0.4, -0.2) is 5.16 Å². The Kier molecular flexibility index (Phi) is 1.81. The van der Waals surface area contributed by atoms with Crippen LogP contribution in [0.1, 0.15) is 0 Å². The zero-order valence-corrected chi connectivity index (χ0v) is 6.42. The molecule has 0 amide bonds. The van der Waals surface area contributed by atoms with Crippen LogP contribution in [0.5, 0.6) is 0 Å².